The lowest BCUT2D eigenvalue weighted by Gasteiger charge is -2.18. The molecule has 0 aromatic heterocycles. The molecule has 2 saturated carbocycles. The smallest absolute Gasteiger partial charge is 0.140 e. The third-order valence-electron chi connectivity index (χ3n) is 4.58. The van der Waals surface area contributed by atoms with Crippen molar-refractivity contribution in [2.45, 2.75) is 56.4 Å². The van der Waals surface area contributed by atoms with Gasteiger partial charge in [-0.3, -0.25) is 0 Å². The van der Waals surface area contributed by atoms with Crippen molar-refractivity contribution in [2.75, 3.05) is 7.11 Å². The molecule has 1 aromatic rings. The first-order valence-electron chi connectivity index (χ1n) is 7.26. The lowest BCUT2D eigenvalue weighted by molar-refractivity contribution is 0.405. The summed E-state index contributed by atoms with van der Waals surface area (Å²) in [6.07, 6.45) is 8.35. The number of ether oxygens (including phenoxy) is 1. The van der Waals surface area contributed by atoms with E-state index in [-0.39, 0.29) is 5.54 Å². The highest BCUT2D eigenvalue weighted by molar-refractivity contribution is 6.32. The summed E-state index contributed by atoms with van der Waals surface area (Å²) in [5.41, 5.74) is 8.83. The topological polar surface area (TPSA) is 35.2 Å². The van der Waals surface area contributed by atoms with Crippen LogP contribution in [-0.4, -0.2) is 12.6 Å². The Morgan fingerprint density at radius 2 is 2.00 bits per heavy atom. The second-order valence-corrected chi connectivity index (χ2v) is 6.63. The molecule has 0 spiro atoms. The summed E-state index contributed by atoms with van der Waals surface area (Å²) in [6.45, 7) is 0. The Bertz CT molecular complexity index is 476. The third kappa shape index (κ3) is 2.75. The van der Waals surface area contributed by atoms with Gasteiger partial charge in [-0.2, -0.15) is 0 Å². The number of hydrogen-bond donors (Lipinski definition) is 1. The molecule has 19 heavy (non-hydrogen) atoms. The summed E-state index contributed by atoms with van der Waals surface area (Å²) in [5.74, 6) is 1.49. The second-order valence-electron chi connectivity index (χ2n) is 6.22. The first-order chi connectivity index (χ1) is 9.11. The lowest BCUT2D eigenvalue weighted by Crippen LogP contribution is -2.24. The second kappa shape index (κ2) is 4.99. The molecule has 0 radical (unpaired) electrons. The largest absolute Gasteiger partial charge is 0.495 e. The van der Waals surface area contributed by atoms with Crippen molar-refractivity contribution in [1.29, 1.82) is 0 Å². The van der Waals surface area contributed by atoms with Gasteiger partial charge in [0.15, 0.2) is 0 Å². The minimum Gasteiger partial charge on any atom is -0.495 e. The predicted octanol–water partition coefficient (Wildman–Crippen LogP) is 4.04. The molecule has 2 fully saturated rings. The quantitative estimate of drug-likeness (QED) is 0.903. The summed E-state index contributed by atoms with van der Waals surface area (Å²) in [5, 5.41) is 0.742. The third-order valence-corrected chi connectivity index (χ3v) is 4.86. The lowest BCUT2D eigenvalue weighted by atomic mass is 9.93. The van der Waals surface area contributed by atoms with Crippen LogP contribution in [0.1, 0.15) is 55.6 Å². The molecule has 0 atom stereocenters. The molecule has 2 aliphatic rings. The Hall–Kier alpha value is -0.730. The highest BCUT2D eigenvalue weighted by Crippen LogP contribution is 2.44. The summed E-state index contributed by atoms with van der Waals surface area (Å²) in [4.78, 5) is 0. The van der Waals surface area contributed by atoms with Gasteiger partial charge in [0.25, 0.3) is 0 Å². The maximum Gasteiger partial charge on any atom is 0.140 e. The van der Waals surface area contributed by atoms with Crippen molar-refractivity contribution in [3.63, 3.8) is 0 Å². The minimum atomic E-state index is 0.0326. The van der Waals surface area contributed by atoms with Crippen LogP contribution in [0.5, 0.6) is 5.75 Å². The van der Waals surface area contributed by atoms with Crippen molar-refractivity contribution in [1.82, 2.24) is 0 Å². The molecule has 3 heteroatoms. The Labute approximate surface area is 120 Å². The van der Waals surface area contributed by atoms with E-state index >= 15 is 0 Å². The fourth-order valence-electron chi connectivity index (χ4n) is 3.27. The summed E-state index contributed by atoms with van der Waals surface area (Å²) in [6, 6.07) is 4.32. The van der Waals surface area contributed by atoms with Crippen molar-refractivity contribution in [2.24, 2.45) is 5.73 Å². The molecule has 2 nitrogen and oxygen atoms in total. The van der Waals surface area contributed by atoms with Gasteiger partial charge in [-0.25, -0.2) is 0 Å². The van der Waals surface area contributed by atoms with E-state index in [4.69, 9.17) is 22.1 Å². The summed E-state index contributed by atoms with van der Waals surface area (Å²) in [7, 11) is 1.71. The highest BCUT2D eigenvalue weighted by Gasteiger charge is 2.38. The van der Waals surface area contributed by atoms with E-state index in [0.717, 1.165) is 30.0 Å². The molecule has 0 unspecified atom stereocenters. The van der Waals surface area contributed by atoms with Crippen LogP contribution in [0.2, 0.25) is 5.02 Å². The molecule has 2 N–H and O–H groups in total. The van der Waals surface area contributed by atoms with Gasteiger partial charge in [0.1, 0.15) is 5.75 Å². The van der Waals surface area contributed by atoms with E-state index < -0.39 is 0 Å². The molecule has 2 aliphatic carbocycles. The van der Waals surface area contributed by atoms with Crippen LogP contribution in [0, 0.1) is 0 Å². The van der Waals surface area contributed by atoms with Crippen molar-refractivity contribution < 1.29 is 4.74 Å². The van der Waals surface area contributed by atoms with Crippen molar-refractivity contribution in [3.05, 3.63) is 28.3 Å². The molecule has 1 aromatic carbocycles. The van der Waals surface area contributed by atoms with E-state index in [1.165, 1.54) is 36.8 Å². The maximum absolute atomic E-state index is 6.40. The van der Waals surface area contributed by atoms with E-state index in [0.29, 0.717) is 5.92 Å². The maximum atomic E-state index is 6.40. The summed E-state index contributed by atoms with van der Waals surface area (Å²) < 4.78 is 5.53. The average molecular weight is 280 g/mol. The normalized spacial score (nSPS) is 21.6. The van der Waals surface area contributed by atoms with Gasteiger partial charge in [0.05, 0.1) is 12.1 Å². The van der Waals surface area contributed by atoms with Gasteiger partial charge in [-0.05, 0) is 55.2 Å². The van der Waals surface area contributed by atoms with E-state index in [1.807, 2.05) is 6.07 Å². The van der Waals surface area contributed by atoms with Crippen LogP contribution in [0.3, 0.4) is 0 Å². The number of halogens is 1. The van der Waals surface area contributed by atoms with Crippen LogP contribution in [0.4, 0.5) is 0 Å². The fraction of sp³-hybridized carbons (Fsp3) is 0.625. The first kappa shape index (κ1) is 13.3. The van der Waals surface area contributed by atoms with Crippen LogP contribution in [0.15, 0.2) is 12.1 Å². The van der Waals surface area contributed by atoms with Gasteiger partial charge in [0, 0.05) is 5.54 Å². The number of benzene rings is 1. The molecule has 104 valence electrons. The zero-order chi connectivity index (χ0) is 13.5. The zero-order valence-corrected chi connectivity index (χ0v) is 12.3. The number of rotatable bonds is 4. The Kier molecular flexibility index (Phi) is 3.48. The predicted molar refractivity (Wildman–Crippen MR) is 79.1 cm³/mol. The molecule has 0 bridgehead atoms. The molecular weight excluding hydrogens is 258 g/mol. The summed E-state index contributed by atoms with van der Waals surface area (Å²) >= 11 is 6.40. The van der Waals surface area contributed by atoms with Gasteiger partial charge < -0.3 is 10.5 Å². The van der Waals surface area contributed by atoms with Gasteiger partial charge >= 0.3 is 0 Å². The van der Waals surface area contributed by atoms with Crippen LogP contribution in [-0.2, 0) is 6.42 Å². The van der Waals surface area contributed by atoms with Crippen LogP contribution >= 0.6 is 11.6 Å². The minimum absolute atomic E-state index is 0.0326. The first-order valence-corrected chi connectivity index (χ1v) is 7.64. The SMILES string of the molecule is COc1c(Cl)cc(CC2(N)CC2)cc1C1CCCC1. The molecule has 0 saturated heterocycles. The van der Waals surface area contributed by atoms with Gasteiger partial charge in [-0.15, -0.1) is 0 Å². The fourth-order valence-corrected chi connectivity index (χ4v) is 3.60. The number of methoxy groups -OCH3 is 1. The standard InChI is InChI=1S/C16H22ClNO/c1-19-15-13(12-4-2-3-5-12)8-11(9-14(15)17)10-16(18)6-7-16/h8-9,12H,2-7,10,18H2,1H3. The molecule has 3 rings (SSSR count). The molecule has 0 heterocycles. The Morgan fingerprint density at radius 1 is 1.32 bits per heavy atom. The van der Waals surface area contributed by atoms with Crippen molar-refractivity contribution >= 4 is 11.6 Å². The molecule has 0 aliphatic heterocycles. The number of hydrogen-bond acceptors (Lipinski definition) is 2. The average Bonchev–Trinajstić information content (AvgIpc) is 2.91. The molecule has 0 amide bonds. The Morgan fingerprint density at radius 3 is 2.58 bits per heavy atom. The number of nitrogens with two attached hydrogens (primary N) is 1. The highest BCUT2D eigenvalue weighted by atomic mass is 35.5. The van der Waals surface area contributed by atoms with Gasteiger partial charge in [-0.1, -0.05) is 30.5 Å². The van der Waals surface area contributed by atoms with E-state index in [1.54, 1.807) is 7.11 Å². The zero-order valence-electron chi connectivity index (χ0n) is 11.5. The van der Waals surface area contributed by atoms with E-state index in [2.05, 4.69) is 6.07 Å². The van der Waals surface area contributed by atoms with Crippen LogP contribution < -0.4 is 10.5 Å². The monoisotopic (exact) mass is 279 g/mol. The molecular formula is C16H22ClNO. The van der Waals surface area contributed by atoms with Gasteiger partial charge in [0.2, 0.25) is 0 Å². The van der Waals surface area contributed by atoms with Crippen LogP contribution in [0.25, 0.3) is 0 Å². The van der Waals surface area contributed by atoms with E-state index in [9.17, 15) is 0 Å². The Balaban J connectivity index is 1.94. The van der Waals surface area contributed by atoms with Crippen molar-refractivity contribution in [3.8, 4) is 5.75 Å².